The van der Waals surface area contributed by atoms with Gasteiger partial charge in [0, 0.05) is 5.02 Å². The molecule has 23 heavy (non-hydrogen) atoms. The molecule has 118 valence electrons. The van der Waals surface area contributed by atoms with Crippen LogP contribution in [0, 0.1) is 0 Å². The van der Waals surface area contributed by atoms with Crippen LogP contribution in [0.1, 0.15) is 5.82 Å². The Morgan fingerprint density at radius 3 is 2.61 bits per heavy atom. The minimum Gasteiger partial charge on any atom is -0.207 e. The van der Waals surface area contributed by atoms with Crippen LogP contribution in [0.25, 0.3) is 5.69 Å². The van der Waals surface area contributed by atoms with Crippen LogP contribution >= 0.6 is 11.6 Å². The van der Waals surface area contributed by atoms with E-state index in [0.29, 0.717) is 10.8 Å². The maximum Gasteiger partial charge on any atom is 0.241 e. The van der Waals surface area contributed by atoms with Crippen molar-refractivity contribution in [3.8, 4) is 5.69 Å². The molecule has 0 bridgehead atoms. The van der Waals surface area contributed by atoms with Gasteiger partial charge in [0.15, 0.2) is 5.82 Å². The van der Waals surface area contributed by atoms with E-state index in [1.54, 1.807) is 12.1 Å². The molecule has 0 unspecified atom stereocenters. The lowest BCUT2D eigenvalue weighted by Crippen LogP contribution is -2.25. The fraction of sp³-hybridized carbons (Fsp3) is 0.0714. The van der Waals surface area contributed by atoms with Crippen molar-refractivity contribution in [3.05, 3.63) is 65.4 Å². The number of tetrazole rings is 1. The molecule has 0 aliphatic rings. The van der Waals surface area contributed by atoms with Crippen molar-refractivity contribution in [3.63, 3.8) is 0 Å². The summed E-state index contributed by atoms with van der Waals surface area (Å²) in [6, 6.07) is 15.2. The normalized spacial score (nSPS) is 11.5. The van der Waals surface area contributed by atoms with Crippen molar-refractivity contribution in [2.45, 2.75) is 11.4 Å². The van der Waals surface area contributed by atoms with Crippen LogP contribution in [0.5, 0.6) is 0 Å². The molecule has 0 saturated heterocycles. The number of nitrogens with zero attached hydrogens (tertiary/aromatic N) is 4. The molecular formula is C14H12ClN5O2S. The van der Waals surface area contributed by atoms with Crippen LogP contribution in [0.2, 0.25) is 5.02 Å². The van der Waals surface area contributed by atoms with Gasteiger partial charge in [-0.1, -0.05) is 35.9 Å². The Morgan fingerprint density at radius 1 is 1.09 bits per heavy atom. The Bertz CT molecular complexity index is 912. The second-order valence-electron chi connectivity index (χ2n) is 4.62. The fourth-order valence-corrected chi connectivity index (χ4v) is 3.24. The minimum atomic E-state index is -3.70. The zero-order valence-electron chi connectivity index (χ0n) is 11.8. The van der Waals surface area contributed by atoms with Gasteiger partial charge in [0.1, 0.15) is 0 Å². The predicted octanol–water partition coefficient (Wildman–Crippen LogP) is 1.79. The topological polar surface area (TPSA) is 89.8 Å². The van der Waals surface area contributed by atoms with Crippen LogP contribution in [0.4, 0.5) is 0 Å². The highest BCUT2D eigenvalue weighted by Gasteiger charge is 2.16. The number of aromatic nitrogens is 4. The van der Waals surface area contributed by atoms with E-state index in [9.17, 15) is 8.42 Å². The third-order valence-corrected chi connectivity index (χ3v) is 4.70. The first-order chi connectivity index (χ1) is 11.1. The molecule has 0 spiro atoms. The number of benzene rings is 2. The average Bonchev–Trinajstić information content (AvgIpc) is 3.02. The van der Waals surface area contributed by atoms with Crippen LogP contribution < -0.4 is 4.72 Å². The van der Waals surface area contributed by atoms with E-state index in [-0.39, 0.29) is 11.4 Å². The number of halogens is 1. The Labute approximate surface area is 138 Å². The molecule has 0 saturated carbocycles. The molecule has 1 N–H and O–H groups in total. The number of hydrogen-bond acceptors (Lipinski definition) is 5. The molecule has 3 rings (SSSR count). The summed E-state index contributed by atoms with van der Waals surface area (Å²) in [7, 11) is -3.70. The van der Waals surface area contributed by atoms with Gasteiger partial charge in [0.05, 0.1) is 17.1 Å². The second-order valence-corrected chi connectivity index (χ2v) is 6.83. The molecule has 0 aliphatic heterocycles. The molecule has 0 fully saturated rings. The van der Waals surface area contributed by atoms with Gasteiger partial charge in [-0.25, -0.2) is 13.1 Å². The molecular weight excluding hydrogens is 338 g/mol. The van der Waals surface area contributed by atoms with Gasteiger partial charge in [-0.05, 0) is 40.8 Å². The maximum atomic E-state index is 12.3. The first-order valence-corrected chi connectivity index (χ1v) is 8.50. The number of rotatable bonds is 5. The summed E-state index contributed by atoms with van der Waals surface area (Å²) in [5, 5.41) is 11.7. The first-order valence-electron chi connectivity index (χ1n) is 6.64. The van der Waals surface area contributed by atoms with Crippen molar-refractivity contribution in [2.75, 3.05) is 0 Å². The molecule has 9 heteroatoms. The summed E-state index contributed by atoms with van der Waals surface area (Å²) in [6.45, 7) is -0.0449. The largest absolute Gasteiger partial charge is 0.241 e. The van der Waals surface area contributed by atoms with Crippen molar-refractivity contribution in [1.29, 1.82) is 0 Å². The van der Waals surface area contributed by atoms with Crippen LogP contribution in [-0.2, 0) is 16.6 Å². The highest BCUT2D eigenvalue weighted by atomic mass is 35.5. The van der Waals surface area contributed by atoms with Crippen molar-refractivity contribution < 1.29 is 8.42 Å². The third-order valence-electron chi connectivity index (χ3n) is 3.06. The summed E-state index contributed by atoms with van der Waals surface area (Å²) in [6.07, 6.45) is 0. The summed E-state index contributed by atoms with van der Waals surface area (Å²) >= 11 is 5.83. The molecule has 2 aromatic carbocycles. The van der Waals surface area contributed by atoms with Crippen LogP contribution in [-0.4, -0.2) is 28.6 Å². The van der Waals surface area contributed by atoms with Gasteiger partial charge < -0.3 is 0 Å². The van der Waals surface area contributed by atoms with Gasteiger partial charge >= 0.3 is 0 Å². The Balaban J connectivity index is 1.81. The zero-order valence-corrected chi connectivity index (χ0v) is 13.4. The molecule has 3 aromatic rings. The Hall–Kier alpha value is -2.29. The number of nitrogens with one attached hydrogen (secondary N) is 1. The maximum absolute atomic E-state index is 12.3. The number of hydrogen-bond donors (Lipinski definition) is 1. The zero-order chi connectivity index (χ0) is 16.3. The van der Waals surface area contributed by atoms with Crippen LogP contribution in [0.3, 0.4) is 0 Å². The highest BCUT2D eigenvalue weighted by molar-refractivity contribution is 7.89. The van der Waals surface area contributed by atoms with Crippen molar-refractivity contribution >= 4 is 21.6 Å². The summed E-state index contributed by atoms with van der Waals surface area (Å²) in [5.74, 6) is 0.377. The van der Waals surface area contributed by atoms with Crippen LogP contribution in [0.15, 0.2) is 59.5 Å². The van der Waals surface area contributed by atoms with E-state index >= 15 is 0 Å². The second kappa shape index (κ2) is 6.45. The average molecular weight is 350 g/mol. The molecule has 1 heterocycles. The lowest BCUT2D eigenvalue weighted by atomic mass is 10.3. The molecule has 0 radical (unpaired) electrons. The Morgan fingerprint density at radius 2 is 1.87 bits per heavy atom. The number of para-hydroxylation sites is 1. The van der Waals surface area contributed by atoms with E-state index in [0.717, 1.165) is 5.69 Å². The van der Waals surface area contributed by atoms with Gasteiger partial charge in [0.25, 0.3) is 0 Å². The Kier molecular flexibility index (Phi) is 4.37. The predicted molar refractivity (Wildman–Crippen MR) is 84.6 cm³/mol. The lowest BCUT2D eigenvalue weighted by molar-refractivity contribution is 0.578. The minimum absolute atomic E-state index is 0.0449. The SMILES string of the molecule is O=S(=O)(NCc1nnnn1-c1ccccc1)c1cccc(Cl)c1. The van der Waals surface area contributed by atoms with E-state index in [1.165, 1.54) is 16.8 Å². The first kappa shape index (κ1) is 15.6. The molecule has 0 aliphatic carbocycles. The summed E-state index contributed by atoms with van der Waals surface area (Å²) in [4.78, 5) is 0.0868. The van der Waals surface area contributed by atoms with Crippen molar-refractivity contribution in [1.82, 2.24) is 24.9 Å². The molecule has 0 amide bonds. The summed E-state index contributed by atoms with van der Waals surface area (Å²) in [5.41, 5.74) is 0.745. The lowest BCUT2D eigenvalue weighted by Gasteiger charge is -2.07. The third kappa shape index (κ3) is 3.55. The fourth-order valence-electron chi connectivity index (χ4n) is 1.96. The number of sulfonamides is 1. The van der Waals surface area contributed by atoms with Gasteiger partial charge in [-0.3, -0.25) is 0 Å². The van der Waals surface area contributed by atoms with E-state index in [2.05, 4.69) is 20.2 Å². The molecule has 7 nitrogen and oxygen atoms in total. The van der Waals surface area contributed by atoms with Crippen molar-refractivity contribution in [2.24, 2.45) is 0 Å². The van der Waals surface area contributed by atoms with Gasteiger partial charge in [-0.15, -0.1) is 5.10 Å². The standard InChI is InChI=1S/C14H12ClN5O2S/c15-11-5-4-8-13(9-11)23(21,22)16-10-14-17-18-19-20(14)12-6-2-1-3-7-12/h1-9,16H,10H2. The summed E-state index contributed by atoms with van der Waals surface area (Å²) < 4.78 is 28.5. The smallest absolute Gasteiger partial charge is 0.207 e. The van der Waals surface area contributed by atoms with E-state index in [1.807, 2.05) is 30.3 Å². The van der Waals surface area contributed by atoms with E-state index < -0.39 is 10.0 Å². The van der Waals surface area contributed by atoms with Gasteiger partial charge in [0.2, 0.25) is 10.0 Å². The quantitative estimate of drug-likeness (QED) is 0.758. The van der Waals surface area contributed by atoms with Gasteiger partial charge in [-0.2, -0.15) is 4.68 Å². The highest BCUT2D eigenvalue weighted by Crippen LogP contribution is 2.15. The molecule has 0 atom stereocenters. The monoisotopic (exact) mass is 349 g/mol. The van der Waals surface area contributed by atoms with E-state index in [4.69, 9.17) is 11.6 Å². The molecule has 1 aromatic heterocycles.